The van der Waals surface area contributed by atoms with Crippen molar-refractivity contribution in [1.82, 2.24) is 39.3 Å². The highest BCUT2D eigenvalue weighted by molar-refractivity contribution is 7.14. The van der Waals surface area contributed by atoms with Crippen molar-refractivity contribution in [2.75, 3.05) is 5.32 Å². The molecular weight excluding hydrogens is 476 g/mol. The Balaban J connectivity index is 1.44. The van der Waals surface area contributed by atoms with Gasteiger partial charge in [-0.05, 0) is 19.9 Å². The average molecular weight is 498 g/mol. The van der Waals surface area contributed by atoms with Crippen LogP contribution in [0.1, 0.15) is 23.4 Å². The zero-order valence-electron chi connectivity index (χ0n) is 19.3. The second kappa shape index (κ2) is 8.65. The predicted octanol–water partition coefficient (Wildman–Crippen LogP) is 3.88. The minimum atomic E-state index is -2.73. The van der Waals surface area contributed by atoms with Crippen LogP contribution in [0.5, 0.6) is 0 Å². The van der Waals surface area contributed by atoms with Gasteiger partial charge >= 0.3 is 0 Å². The number of nitrogens with zero attached hydrogens (tertiary/aromatic N) is 8. The van der Waals surface area contributed by atoms with Gasteiger partial charge in [0, 0.05) is 48.6 Å². The summed E-state index contributed by atoms with van der Waals surface area (Å²) in [5.41, 5.74) is 3.74. The van der Waals surface area contributed by atoms with Gasteiger partial charge in [-0.25, -0.2) is 23.4 Å². The smallest absolute Gasteiger partial charge is 0.264 e. The van der Waals surface area contributed by atoms with Crippen molar-refractivity contribution in [3.8, 4) is 22.5 Å². The van der Waals surface area contributed by atoms with Crippen molar-refractivity contribution >= 4 is 33.4 Å². The Labute approximate surface area is 202 Å². The van der Waals surface area contributed by atoms with Crippen LogP contribution in [0, 0.1) is 13.8 Å². The molecule has 35 heavy (non-hydrogen) atoms. The van der Waals surface area contributed by atoms with Crippen LogP contribution < -0.4 is 5.32 Å². The number of fused-ring (bicyclic) bond motifs is 1. The van der Waals surface area contributed by atoms with Gasteiger partial charge < -0.3 is 5.32 Å². The van der Waals surface area contributed by atoms with Crippen molar-refractivity contribution in [2.45, 2.75) is 26.8 Å². The molecule has 0 radical (unpaired) electrons. The van der Waals surface area contributed by atoms with Gasteiger partial charge in [0.2, 0.25) is 5.91 Å². The van der Waals surface area contributed by atoms with E-state index in [0.717, 1.165) is 11.3 Å². The highest BCUT2D eigenvalue weighted by Crippen LogP contribution is 2.33. The number of nitrogens with one attached hydrogen (secondary N) is 1. The van der Waals surface area contributed by atoms with E-state index in [1.807, 2.05) is 25.5 Å². The molecule has 0 spiro atoms. The van der Waals surface area contributed by atoms with Crippen LogP contribution >= 0.6 is 11.3 Å². The summed E-state index contributed by atoms with van der Waals surface area (Å²) in [6.45, 7) is 3.30. The van der Waals surface area contributed by atoms with Crippen molar-refractivity contribution < 1.29 is 13.6 Å². The summed E-state index contributed by atoms with van der Waals surface area (Å²) in [5.74, 6) is -0.398. The maximum Gasteiger partial charge on any atom is 0.264 e. The summed E-state index contributed by atoms with van der Waals surface area (Å²) in [6, 6.07) is 1.35. The molecule has 5 aromatic heterocycles. The van der Waals surface area contributed by atoms with Crippen molar-refractivity contribution in [3.63, 3.8) is 0 Å². The number of carbonyl (C=O) groups excluding carboxylic acids is 1. The highest BCUT2D eigenvalue weighted by Gasteiger charge is 2.22. The van der Waals surface area contributed by atoms with Crippen LogP contribution in [0.4, 0.5) is 13.9 Å². The van der Waals surface area contributed by atoms with E-state index in [1.165, 1.54) is 22.1 Å². The Kier molecular flexibility index (Phi) is 5.63. The minimum absolute atomic E-state index is 0.186. The average Bonchev–Trinajstić information content (AvgIpc) is 3.56. The summed E-state index contributed by atoms with van der Waals surface area (Å²) in [6.07, 6.45) is 2.37. The first-order chi connectivity index (χ1) is 16.7. The van der Waals surface area contributed by atoms with Gasteiger partial charge in [-0.3, -0.25) is 14.2 Å². The number of halogens is 2. The number of thiazole rings is 1. The molecule has 0 saturated carbocycles. The Morgan fingerprint density at radius 2 is 1.89 bits per heavy atom. The molecule has 10 nitrogen and oxygen atoms in total. The number of anilines is 1. The lowest BCUT2D eigenvalue weighted by atomic mass is 10.1. The van der Waals surface area contributed by atoms with Crippen LogP contribution in [0.25, 0.3) is 33.5 Å². The first kappa shape index (κ1) is 22.8. The van der Waals surface area contributed by atoms with Gasteiger partial charge in [0.1, 0.15) is 6.54 Å². The SMILES string of the molecule is Cc1nn(C)cc1-c1csc(NC(=O)Cn2nc(C)c3c(C(F)F)cc(-c4cnn(C)c4)nc32)n1. The molecule has 0 aliphatic carbocycles. The molecule has 0 aliphatic heterocycles. The van der Waals surface area contributed by atoms with Crippen LogP contribution in [0.3, 0.4) is 0 Å². The van der Waals surface area contributed by atoms with E-state index in [0.29, 0.717) is 27.8 Å². The second-order valence-corrected chi connectivity index (χ2v) is 8.99. The lowest BCUT2D eigenvalue weighted by Crippen LogP contribution is -2.19. The van der Waals surface area contributed by atoms with Gasteiger partial charge in [-0.15, -0.1) is 11.3 Å². The maximum absolute atomic E-state index is 13.9. The van der Waals surface area contributed by atoms with E-state index >= 15 is 0 Å². The van der Waals surface area contributed by atoms with Gasteiger partial charge in [-0.2, -0.15) is 15.3 Å². The second-order valence-electron chi connectivity index (χ2n) is 8.13. The lowest BCUT2D eigenvalue weighted by molar-refractivity contribution is -0.116. The van der Waals surface area contributed by atoms with Gasteiger partial charge in [0.25, 0.3) is 6.43 Å². The molecular formula is C22H21F2N9OS. The predicted molar refractivity (Wildman–Crippen MR) is 127 cm³/mol. The summed E-state index contributed by atoms with van der Waals surface area (Å²) in [7, 11) is 3.56. The Morgan fingerprint density at radius 3 is 2.54 bits per heavy atom. The molecule has 0 fully saturated rings. The minimum Gasteiger partial charge on any atom is -0.300 e. The van der Waals surface area contributed by atoms with Crippen LogP contribution in [0.15, 0.2) is 30.0 Å². The van der Waals surface area contributed by atoms with Crippen LogP contribution in [0.2, 0.25) is 0 Å². The zero-order valence-corrected chi connectivity index (χ0v) is 20.1. The maximum atomic E-state index is 13.9. The van der Waals surface area contributed by atoms with Crippen LogP contribution in [-0.4, -0.2) is 45.2 Å². The molecule has 0 bridgehead atoms. The molecule has 0 unspecified atom stereocenters. The third-order valence-electron chi connectivity index (χ3n) is 5.48. The molecule has 0 saturated heterocycles. The van der Waals surface area contributed by atoms with E-state index in [-0.39, 0.29) is 23.1 Å². The largest absolute Gasteiger partial charge is 0.300 e. The number of hydrogen-bond donors (Lipinski definition) is 1. The molecule has 5 heterocycles. The fraction of sp³-hybridized carbons (Fsp3) is 0.273. The lowest BCUT2D eigenvalue weighted by Gasteiger charge is -2.07. The fourth-order valence-electron chi connectivity index (χ4n) is 3.97. The van der Waals surface area contributed by atoms with Crippen LogP contribution in [-0.2, 0) is 25.4 Å². The number of hydrogen-bond acceptors (Lipinski definition) is 7. The molecule has 13 heteroatoms. The Morgan fingerprint density at radius 1 is 1.09 bits per heavy atom. The third kappa shape index (κ3) is 4.30. The molecule has 0 atom stereocenters. The first-order valence-electron chi connectivity index (χ1n) is 10.6. The number of amides is 1. The molecule has 0 aromatic carbocycles. The van der Waals surface area contributed by atoms with Crippen molar-refractivity contribution in [3.05, 3.63) is 47.0 Å². The summed E-state index contributed by atoms with van der Waals surface area (Å²) in [4.78, 5) is 21.8. The number of alkyl halides is 2. The van der Waals surface area contributed by atoms with E-state index in [1.54, 1.807) is 35.7 Å². The monoisotopic (exact) mass is 497 g/mol. The topological polar surface area (TPSA) is 108 Å². The number of aromatic nitrogens is 8. The quantitative estimate of drug-likeness (QED) is 0.381. The standard InChI is InChI=1S/C22H21F2N9OS/c1-11-15(8-32(4)29-11)17-10-35-22(27-17)28-18(34)9-33-21-19(12(2)30-33)14(20(23)24)5-16(26-21)13-6-25-31(3)7-13/h5-8,10,20H,9H2,1-4H3,(H,27,28,34). The zero-order chi connectivity index (χ0) is 24.9. The van der Waals surface area contributed by atoms with Crippen molar-refractivity contribution in [2.24, 2.45) is 14.1 Å². The normalized spacial score (nSPS) is 11.6. The Bertz CT molecular complexity index is 1560. The van der Waals surface area contributed by atoms with E-state index in [2.05, 4.69) is 30.6 Å². The van der Waals surface area contributed by atoms with E-state index in [4.69, 9.17) is 0 Å². The number of aryl methyl sites for hydroxylation is 4. The van der Waals surface area contributed by atoms with E-state index < -0.39 is 12.3 Å². The van der Waals surface area contributed by atoms with Gasteiger partial charge in [0.15, 0.2) is 10.8 Å². The number of rotatable bonds is 6. The number of pyridine rings is 1. The molecule has 5 aromatic rings. The van der Waals surface area contributed by atoms with Crippen molar-refractivity contribution in [1.29, 1.82) is 0 Å². The molecule has 5 rings (SSSR count). The first-order valence-corrected chi connectivity index (χ1v) is 11.5. The number of carbonyl (C=O) groups is 1. The van der Waals surface area contributed by atoms with E-state index in [9.17, 15) is 13.6 Å². The van der Waals surface area contributed by atoms with Gasteiger partial charge in [0.05, 0.1) is 34.4 Å². The molecule has 0 aliphatic rings. The Hall–Kier alpha value is -4.00. The summed E-state index contributed by atoms with van der Waals surface area (Å²) < 4.78 is 32.5. The summed E-state index contributed by atoms with van der Waals surface area (Å²) >= 11 is 1.28. The van der Waals surface area contributed by atoms with Gasteiger partial charge in [-0.1, -0.05) is 0 Å². The third-order valence-corrected chi connectivity index (χ3v) is 6.23. The fourth-order valence-corrected chi connectivity index (χ4v) is 4.70. The summed E-state index contributed by atoms with van der Waals surface area (Å²) in [5, 5.41) is 18.0. The highest BCUT2D eigenvalue weighted by atomic mass is 32.1. The molecule has 1 amide bonds. The molecule has 180 valence electrons. The molecule has 1 N–H and O–H groups in total.